The summed E-state index contributed by atoms with van der Waals surface area (Å²) in [5, 5.41) is 5.59. The normalized spacial score (nSPS) is 11.2. The Morgan fingerprint density at radius 1 is 1.25 bits per heavy atom. The maximum atomic E-state index is 12.0. The van der Waals surface area contributed by atoms with Crippen LogP contribution in [0, 0.1) is 0 Å². The smallest absolute Gasteiger partial charge is 0.422 e. The van der Waals surface area contributed by atoms with Gasteiger partial charge in [-0.25, -0.2) is 0 Å². The summed E-state index contributed by atoms with van der Waals surface area (Å²) in [7, 11) is 1.80. The van der Waals surface area contributed by atoms with E-state index in [1.165, 1.54) is 24.3 Å². The van der Waals surface area contributed by atoms with Crippen LogP contribution in [-0.2, 0) is 4.79 Å². The Kier molecular flexibility index (Phi) is 6.30. The number of hydrogen-bond donors (Lipinski definition) is 2. The molecule has 1 rings (SSSR count). The lowest BCUT2D eigenvalue weighted by Gasteiger charge is -2.10. The van der Waals surface area contributed by atoms with E-state index in [4.69, 9.17) is 0 Å². The summed E-state index contributed by atoms with van der Waals surface area (Å²) in [6, 6.07) is 5.77. The molecule has 0 spiro atoms. The van der Waals surface area contributed by atoms with Crippen LogP contribution in [0.2, 0.25) is 0 Å². The molecule has 0 saturated carbocycles. The molecule has 0 saturated heterocycles. The molecule has 0 aliphatic carbocycles. The highest BCUT2D eigenvalue weighted by Crippen LogP contribution is 2.20. The number of hydrogen-bond acceptors (Lipinski definition) is 3. The Balaban J connectivity index is 2.40. The fourth-order valence-electron chi connectivity index (χ4n) is 1.45. The highest BCUT2D eigenvalue weighted by molar-refractivity contribution is 5.90. The minimum Gasteiger partial charge on any atom is -0.484 e. The van der Waals surface area contributed by atoms with Crippen molar-refractivity contribution in [3.8, 4) is 5.75 Å². The monoisotopic (exact) mass is 290 g/mol. The van der Waals surface area contributed by atoms with Crippen LogP contribution in [0.5, 0.6) is 5.75 Å². The number of ether oxygens (including phenoxy) is 1. The van der Waals surface area contributed by atoms with E-state index in [1.807, 2.05) is 0 Å². The van der Waals surface area contributed by atoms with Gasteiger partial charge >= 0.3 is 6.18 Å². The Hall–Kier alpha value is -1.76. The molecule has 0 radical (unpaired) electrons. The lowest BCUT2D eigenvalue weighted by atomic mass is 10.2. The van der Waals surface area contributed by atoms with Gasteiger partial charge in [0.1, 0.15) is 5.75 Å². The Morgan fingerprint density at radius 2 is 1.90 bits per heavy atom. The van der Waals surface area contributed by atoms with Crippen molar-refractivity contribution in [2.45, 2.75) is 19.0 Å². The third-order valence-corrected chi connectivity index (χ3v) is 2.37. The van der Waals surface area contributed by atoms with Gasteiger partial charge in [-0.2, -0.15) is 13.2 Å². The summed E-state index contributed by atoms with van der Waals surface area (Å²) in [4.78, 5) is 11.5. The molecule has 1 amide bonds. The molecule has 0 aliphatic heterocycles. The second kappa shape index (κ2) is 7.74. The van der Waals surface area contributed by atoms with Gasteiger partial charge in [-0.3, -0.25) is 4.79 Å². The molecule has 0 aromatic heterocycles. The summed E-state index contributed by atoms with van der Waals surface area (Å²) in [6.07, 6.45) is -3.26. The Labute approximate surface area is 115 Å². The van der Waals surface area contributed by atoms with Gasteiger partial charge in [0.25, 0.3) is 0 Å². The molecular formula is C13H17F3N2O2. The first-order valence-electron chi connectivity index (χ1n) is 6.15. The van der Waals surface area contributed by atoms with Gasteiger partial charge in [0.15, 0.2) is 6.61 Å². The second-order valence-electron chi connectivity index (χ2n) is 4.18. The zero-order valence-corrected chi connectivity index (χ0v) is 11.1. The number of benzene rings is 1. The first-order valence-corrected chi connectivity index (χ1v) is 6.15. The maximum Gasteiger partial charge on any atom is 0.422 e. The molecule has 0 unspecified atom stereocenters. The Morgan fingerprint density at radius 3 is 2.45 bits per heavy atom. The molecule has 0 heterocycles. The van der Waals surface area contributed by atoms with Crippen LogP contribution in [0.25, 0.3) is 0 Å². The van der Waals surface area contributed by atoms with Gasteiger partial charge in [0, 0.05) is 12.1 Å². The summed E-state index contributed by atoms with van der Waals surface area (Å²) < 4.78 is 40.4. The SMILES string of the molecule is CNCCCC(=O)Nc1ccc(OCC(F)(F)F)cc1. The van der Waals surface area contributed by atoms with E-state index in [0.29, 0.717) is 12.1 Å². The number of alkyl halides is 3. The predicted molar refractivity (Wildman–Crippen MR) is 69.8 cm³/mol. The maximum absolute atomic E-state index is 12.0. The van der Waals surface area contributed by atoms with Crippen molar-refractivity contribution >= 4 is 11.6 Å². The third kappa shape index (κ3) is 6.98. The van der Waals surface area contributed by atoms with Gasteiger partial charge in [0.2, 0.25) is 5.91 Å². The average Bonchev–Trinajstić information content (AvgIpc) is 2.37. The number of carbonyl (C=O) groups excluding carboxylic acids is 1. The van der Waals surface area contributed by atoms with E-state index in [1.54, 1.807) is 7.05 Å². The highest BCUT2D eigenvalue weighted by atomic mass is 19.4. The molecule has 7 heteroatoms. The van der Waals surface area contributed by atoms with E-state index in [-0.39, 0.29) is 11.7 Å². The van der Waals surface area contributed by atoms with Gasteiger partial charge in [-0.15, -0.1) is 0 Å². The van der Waals surface area contributed by atoms with Crippen molar-refractivity contribution in [2.24, 2.45) is 0 Å². The summed E-state index contributed by atoms with van der Waals surface area (Å²) in [5.74, 6) is -0.0280. The van der Waals surface area contributed by atoms with Crippen LogP contribution in [0.1, 0.15) is 12.8 Å². The van der Waals surface area contributed by atoms with Crippen molar-refractivity contribution < 1.29 is 22.7 Å². The Bertz CT molecular complexity index is 419. The van der Waals surface area contributed by atoms with Crippen molar-refractivity contribution in [3.05, 3.63) is 24.3 Å². The zero-order valence-electron chi connectivity index (χ0n) is 11.1. The van der Waals surface area contributed by atoms with Crippen LogP contribution < -0.4 is 15.4 Å². The third-order valence-electron chi connectivity index (χ3n) is 2.37. The molecule has 2 N–H and O–H groups in total. The highest BCUT2D eigenvalue weighted by Gasteiger charge is 2.28. The minimum absolute atomic E-state index is 0.107. The summed E-state index contributed by atoms with van der Waals surface area (Å²) in [5.41, 5.74) is 0.527. The first kappa shape index (κ1) is 16.3. The van der Waals surface area contributed by atoms with Crippen molar-refractivity contribution in [1.29, 1.82) is 0 Å². The molecule has 0 aliphatic rings. The fourth-order valence-corrected chi connectivity index (χ4v) is 1.45. The zero-order chi connectivity index (χ0) is 15.0. The molecule has 1 aromatic rings. The number of rotatable bonds is 7. The van der Waals surface area contributed by atoms with Gasteiger partial charge in [-0.05, 0) is 44.3 Å². The van der Waals surface area contributed by atoms with Crippen molar-refractivity contribution in [1.82, 2.24) is 5.32 Å². The lowest BCUT2D eigenvalue weighted by molar-refractivity contribution is -0.153. The first-order chi connectivity index (χ1) is 9.40. The molecule has 1 aromatic carbocycles. The van der Waals surface area contributed by atoms with E-state index >= 15 is 0 Å². The molecule has 112 valence electrons. The van der Waals surface area contributed by atoms with Crippen molar-refractivity contribution in [2.75, 3.05) is 25.5 Å². The molecule has 0 atom stereocenters. The molecular weight excluding hydrogens is 273 g/mol. The van der Waals surface area contributed by atoms with Gasteiger partial charge in [-0.1, -0.05) is 0 Å². The van der Waals surface area contributed by atoms with Crippen LogP contribution in [-0.4, -0.2) is 32.3 Å². The molecule has 4 nitrogen and oxygen atoms in total. The van der Waals surface area contributed by atoms with Crippen LogP contribution in [0.15, 0.2) is 24.3 Å². The van der Waals surface area contributed by atoms with E-state index in [2.05, 4.69) is 15.4 Å². The lowest BCUT2D eigenvalue weighted by Crippen LogP contribution is -2.19. The minimum atomic E-state index is -4.36. The standard InChI is InChI=1S/C13H17F3N2O2/c1-17-8-2-3-12(19)18-10-4-6-11(7-5-10)20-9-13(14,15)16/h4-7,17H,2-3,8-9H2,1H3,(H,18,19). The van der Waals surface area contributed by atoms with Crippen molar-refractivity contribution in [3.63, 3.8) is 0 Å². The summed E-state index contributed by atoms with van der Waals surface area (Å²) >= 11 is 0. The number of amides is 1. The number of anilines is 1. The largest absolute Gasteiger partial charge is 0.484 e. The van der Waals surface area contributed by atoms with Crippen LogP contribution in [0.4, 0.5) is 18.9 Å². The molecule has 0 bridgehead atoms. The average molecular weight is 290 g/mol. The van der Waals surface area contributed by atoms with E-state index < -0.39 is 12.8 Å². The van der Waals surface area contributed by atoms with E-state index in [0.717, 1.165) is 13.0 Å². The van der Waals surface area contributed by atoms with Gasteiger partial charge < -0.3 is 15.4 Å². The van der Waals surface area contributed by atoms with Crippen LogP contribution >= 0.6 is 0 Å². The summed E-state index contributed by atoms with van der Waals surface area (Å²) in [6.45, 7) is -0.583. The second-order valence-corrected chi connectivity index (χ2v) is 4.18. The van der Waals surface area contributed by atoms with Crippen LogP contribution in [0.3, 0.4) is 0 Å². The molecule has 0 fully saturated rings. The quantitative estimate of drug-likeness (QED) is 0.759. The fraction of sp³-hybridized carbons (Fsp3) is 0.462. The molecule has 20 heavy (non-hydrogen) atoms. The number of carbonyl (C=O) groups is 1. The van der Waals surface area contributed by atoms with Gasteiger partial charge in [0.05, 0.1) is 0 Å². The number of halogens is 3. The number of nitrogens with one attached hydrogen (secondary N) is 2. The predicted octanol–water partition coefficient (Wildman–Crippen LogP) is 2.57. The topological polar surface area (TPSA) is 50.4 Å². The van der Waals surface area contributed by atoms with E-state index in [9.17, 15) is 18.0 Å².